The van der Waals surface area contributed by atoms with Crippen molar-refractivity contribution in [1.82, 2.24) is 10.6 Å². The van der Waals surface area contributed by atoms with Gasteiger partial charge >= 0.3 is 0 Å². The molecule has 0 rings (SSSR count). The van der Waals surface area contributed by atoms with Crippen molar-refractivity contribution in [3.05, 3.63) is 0 Å². The first kappa shape index (κ1) is 12.4. The Kier molecular flexibility index (Phi) is 4.95. The number of hydrogen-bond donors (Lipinski definition) is 3. The lowest BCUT2D eigenvalue weighted by molar-refractivity contribution is -0.120. The van der Waals surface area contributed by atoms with Crippen LogP contribution in [0.4, 0.5) is 0 Å². The highest BCUT2D eigenvalue weighted by Crippen LogP contribution is 1.96. The summed E-state index contributed by atoms with van der Waals surface area (Å²) >= 11 is 0. The number of carbonyl (C=O) groups is 1. The molecule has 4 heteroatoms. The molecule has 0 radical (unpaired) electrons. The molecule has 13 heavy (non-hydrogen) atoms. The molecule has 1 amide bonds. The molecule has 1 unspecified atom stereocenters. The number of nitrogens with one attached hydrogen (secondary N) is 2. The first-order chi connectivity index (χ1) is 5.81. The molecule has 0 aromatic heterocycles. The summed E-state index contributed by atoms with van der Waals surface area (Å²) in [7, 11) is 0. The Morgan fingerprint density at radius 2 is 2.00 bits per heavy atom. The number of amides is 1. The molecule has 3 N–H and O–H groups in total. The van der Waals surface area contributed by atoms with Crippen molar-refractivity contribution in [2.45, 2.75) is 39.3 Å². The fourth-order valence-electron chi connectivity index (χ4n) is 0.669. The molecule has 0 aromatic carbocycles. The van der Waals surface area contributed by atoms with E-state index in [1.54, 1.807) is 6.92 Å². The molecule has 0 bridgehead atoms. The third-order valence-electron chi connectivity index (χ3n) is 1.37. The van der Waals surface area contributed by atoms with E-state index in [1.165, 1.54) is 0 Å². The first-order valence-electron chi connectivity index (χ1n) is 4.51. The molecule has 0 aromatic rings. The summed E-state index contributed by atoms with van der Waals surface area (Å²) < 4.78 is 0. The van der Waals surface area contributed by atoms with Gasteiger partial charge in [-0.25, -0.2) is 0 Å². The van der Waals surface area contributed by atoms with Gasteiger partial charge in [0.05, 0.1) is 12.6 Å². The molecular weight excluding hydrogens is 168 g/mol. The zero-order chi connectivity index (χ0) is 10.5. The Morgan fingerprint density at radius 3 is 2.38 bits per heavy atom. The van der Waals surface area contributed by atoms with Crippen LogP contribution in [-0.4, -0.2) is 35.7 Å². The highest BCUT2D eigenvalue weighted by atomic mass is 16.3. The van der Waals surface area contributed by atoms with Crippen LogP contribution >= 0.6 is 0 Å². The molecular formula is C9H20N2O2. The van der Waals surface area contributed by atoms with Gasteiger partial charge in [0.15, 0.2) is 0 Å². The van der Waals surface area contributed by atoms with Crippen LogP contribution in [0, 0.1) is 0 Å². The third-order valence-corrected chi connectivity index (χ3v) is 1.37. The summed E-state index contributed by atoms with van der Waals surface area (Å²) in [6, 6.07) is 0. The number of carbonyl (C=O) groups excluding carboxylic acids is 1. The second-order valence-electron chi connectivity index (χ2n) is 4.26. The molecule has 0 aliphatic rings. The zero-order valence-corrected chi connectivity index (χ0v) is 8.85. The van der Waals surface area contributed by atoms with Crippen LogP contribution in [0.3, 0.4) is 0 Å². The minimum Gasteiger partial charge on any atom is -0.392 e. The lowest BCUT2D eigenvalue weighted by Crippen LogP contribution is -2.44. The fourth-order valence-corrected chi connectivity index (χ4v) is 0.669. The standard InChI is InChI=1S/C9H20N2O2/c1-7(12)5-10-8(13)6-11-9(2,3)4/h7,11-12H,5-6H2,1-4H3,(H,10,13). The van der Waals surface area contributed by atoms with E-state index >= 15 is 0 Å². The molecule has 0 aliphatic heterocycles. The highest BCUT2D eigenvalue weighted by molar-refractivity contribution is 5.78. The van der Waals surface area contributed by atoms with E-state index in [0.717, 1.165) is 0 Å². The van der Waals surface area contributed by atoms with E-state index in [9.17, 15) is 4.79 Å². The van der Waals surface area contributed by atoms with Crippen molar-refractivity contribution in [3.63, 3.8) is 0 Å². The smallest absolute Gasteiger partial charge is 0.234 e. The Hall–Kier alpha value is -0.610. The van der Waals surface area contributed by atoms with Gasteiger partial charge in [-0.1, -0.05) is 0 Å². The minimum absolute atomic E-state index is 0.0534. The normalized spacial score (nSPS) is 13.9. The van der Waals surface area contributed by atoms with E-state index in [4.69, 9.17) is 5.11 Å². The summed E-state index contributed by atoms with van der Waals surface area (Å²) in [4.78, 5) is 11.1. The van der Waals surface area contributed by atoms with Gasteiger partial charge < -0.3 is 15.7 Å². The lowest BCUT2D eigenvalue weighted by Gasteiger charge is -2.20. The highest BCUT2D eigenvalue weighted by Gasteiger charge is 2.10. The predicted octanol–water partition coefficient (Wildman–Crippen LogP) is -0.128. The van der Waals surface area contributed by atoms with Gasteiger partial charge in [0.2, 0.25) is 5.91 Å². The monoisotopic (exact) mass is 188 g/mol. The average Bonchev–Trinajstić information content (AvgIpc) is 1.95. The van der Waals surface area contributed by atoms with Crippen molar-refractivity contribution in [1.29, 1.82) is 0 Å². The van der Waals surface area contributed by atoms with Crippen LogP contribution in [0.5, 0.6) is 0 Å². The first-order valence-corrected chi connectivity index (χ1v) is 4.51. The van der Waals surface area contributed by atoms with Crippen LogP contribution in [0.25, 0.3) is 0 Å². The van der Waals surface area contributed by atoms with E-state index in [-0.39, 0.29) is 18.0 Å². The van der Waals surface area contributed by atoms with Crippen molar-refractivity contribution in [3.8, 4) is 0 Å². The Balaban J connectivity index is 3.53. The molecule has 0 fully saturated rings. The topological polar surface area (TPSA) is 61.4 Å². The molecule has 0 aliphatic carbocycles. The number of hydrogen-bond acceptors (Lipinski definition) is 3. The largest absolute Gasteiger partial charge is 0.392 e. The summed E-state index contributed by atoms with van der Waals surface area (Å²) in [5, 5.41) is 14.5. The second-order valence-corrected chi connectivity index (χ2v) is 4.26. The van der Waals surface area contributed by atoms with Crippen LogP contribution < -0.4 is 10.6 Å². The molecule has 0 saturated heterocycles. The van der Waals surface area contributed by atoms with Gasteiger partial charge in [-0.2, -0.15) is 0 Å². The van der Waals surface area contributed by atoms with E-state index in [2.05, 4.69) is 10.6 Å². The Morgan fingerprint density at radius 1 is 1.46 bits per heavy atom. The molecule has 0 spiro atoms. The lowest BCUT2D eigenvalue weighted by atomic mass is 10.1. The van der Waals surface area contributed by atoms with Crippen molar-refractivity contribution < 1.29 is 9.90 Å². The quantitative estimate of drug-likeness (QED) is 0.576. The van der Waals surface area contributed by atoms with Crippen molar-refractivity contribution >= 4 is 5.91 Å². The van der Waals surface area contributed by atoms with Gasteiger partial charge in [0.1, 0.15) is 0 Å². The van der Waals surface area contributed by atoms with Gasteiger partial charge in [0, 0.05) is 12.1 Å². The maximum Gasteiger partial charge on any atom is 0.234 e. The average molecular weight is 188 g/mol. The zero-order valence-electron chi connectivity index (χ0n) is 8.85. The van der Waals surface area contributed by atoms with Crippen LogP contribution in [0.1, 0.15) is 27.7 Å². The fraction of sp³-hybridized carbons (Fsp3) is 0.889. The van der Waals surface area contributed by atoms with Crippen LogP contribution in [0.15, 0.2) is 0 Å². The van der Waals surface area contributed by atoms with Gasteiger partial charge in [-0.3, -0.25) is 4.79 Å². The summed E-state index contributed by atoms with van der Waals surface area (Å²) in [6.07, 6.45) is -0.487. The van der Waals surface area contributed by atoms with Crippen LogP contribution in [0.2, 0.25) is 0 Å². The van der Waals surface area contributed by atoms with Crippen molar-refractivity contribution in [2.75, 3.05) is 13.1 Å². The maximum atomic E-state index is 11.1. The molecule has 0 saturated carbocycles. The van der Waals surface area contributed by atoms with Gasteiger partial charge in [-0.15, -0.1) is 0 Å². The minimum atomic E-state index is -0.487. The summed E-state index contributed by atoms with van der Waals surface area (Å²) in [5.41, 5.74) is -0.0534. The SMILES string of the molecule is CC(O)CNC(=O)CNC(C)(C)C. The maximum absolute atomic E-state index is 11.1. The third kappa shape index (κ3) is 9.30. The number of aliphatic hydroxyl groups excluding tert-OH is 1. The van der Waals surface area contributed by atoms with Crippen molar-refractivity contribution in [2.24, 2.45) is 0 Å². The Bertz CT molecular complexity index is 161. The van der Waals surface area contributed by atoms with Crippen LogP contribution in [-0.2, 0) is 4.79 Å². The molecule has 78 valence electrons. The number of aliphatic hydroxyl groups is 1. The van der Waals surface area contributed by atoms with Gasteiger partial charge in [-0.05, 0) is 27.7 Å². The Labute approximate surface area is 79.7 Å². The molecule has 1 atom stereocenters. The second kappa shape index (κ2) is 5.19. The summed E-state index contributed by atoms with van der Waals surface area (Å²) in [6.45, 7) is 8.22. The van der Waals surface area contributed by atoms with E-state index < -0.39 is 6.10 Å². The van der Waals surface area contributed by atoms with E-state index in [1.807, 2.05) is 20.8 Å². The molecule has 4 nitrogen and oxygen atoms in total. The van der Waals surface area contributed by atoms with E-state index in [0.29, 0.717) is 6.54 Å². The predicted molar refractivity (Wildman–Crippen MR) is 52.4 cm³/mol. The molecule has 0 heterocycles. The summed E-state index contributed by atoms with van der Waals surface area (Å²) in [5.74, 6) is -0.0872. The van der Waals surface area contributed by atoms with Gasteiger partial charge in [0.25, 0.3) is 0 Å². The number of rotatable bonds is 4.